The number of carboxylic acid groups (broad SMARTS) is 1. The maximum absolute atomic E-state index is 13.6. The number of aliphatic carboxylic acids is 1. The standard InChI is InChI=1S/C25H29ClN6O4/c1-4-32-19(24(34)35)10-28-21(32)11-31-13-25(2,3)36-12-20(31)23(33)30-17-8-14(26)7-16-15-5-6-27-9-18(15)29-22(16)17/h5-9,19-20,29H,4,10-13H2,1-3H3,(H,30,33)(H,34,35). The Bertz CT molecular complexity index is 1370. The molecule has 1 aromatic carbocycles. The molecule has 1 fully saturated rings. The molecule has 190 valence electrons. The molecule has 1 amide bonds. The Hall–Kier alpha value is -3.21. The summed E-state index contributed by atoms with van der Waals surface area (Å²) in [7, 11) is 0. The van der Waals surface area contributed by atoms with Crippen LogP contribution in [0.15, 0.2) is 35.6 Å². The number of ether oxygens (including phenoxy) is 1. The number of likely N-dealkylation sites (N-methyl/N-ethyl adjacent to an activating group) is 1. The van der Waals surface area contributed by atoms with Gasteiger partial charge in [0.2, 0.25) is 5.91 Å². The zero-order valence-electron chi connectivity index (χ0n) is 20.4. The molecule has 5 rings (SSSR count). The zero-order chi connectivity index (χ0) is 25.6. The summed E-state index contributed by atoms with van der Waals surface area (Å²) in [5, 5.41) is 15.0. The maximum Gasteiger partial charge on any atom is 0.328 e. The number of pyridine rings is 1. The van der Waals surface area contributed by atoms with E-state index >= 15 is 0 Å². The zero-order valence-corrected chi connectivity index (χ0v) is 21.2. The molecule has 0 saturated carbocycles. The third kappa shape index (κ3) is 4.52. The Balaban J connectivity index is 1.42. The smallest absolute Gasteiger partial charge is 0.328 e. The number of carboxylic acids is 1. The van der Waals surface area contributed by atoms with Crippen LogP contribution < -0.4 is 5.32 Å². The summed E-state index contributed by atoms with van der Waals surface area (Å²) in [6.45, 7) is 7.62. The van der Waals surface area contributed by atoms with Gasteiger partial charge in [-0.05, 0) is 39.0 Å². The van der Waals surface area contributed by atoms with Gasteiger partial charge in [0, 0.05) is 35.1 Å². The third-order valence-corrected chi connectivity index (χ3v) is 7.03. The predicted molar refractivity (Wildman–Crippen MR) is 139 cm³/mol. The molecule has 0 bridgehead atoms. The molecule has 3 N–H and O–H groups in total. The number of anilines is 1. The summed E-state index contributed by atoms with van der Waals surface area (Å²) in [5.41, 5.74) is 1.72. The number of hydrogen-bond donors (Lipinski definition) is 3. The molecular formula is C25H29ClN6O4. The molecule has 2 atom stereocenters. The number of H-pyrrole nitrogens is 1. The van der Waals surface area contributed by atoms with Gasteiger partial charge in [0.05, 0.1) is 48.2 Å². The molecular weight excluding hydrogens is 484 g/mol. The van der Waals surface area contributed by atoms with E-state index in [2.05, 4.69) is 20.3 Å². The van der Waals surface area contributed by atoms with E-state index in [0.717, 1.165) is 21.8 Å². The number of benzene rings is 1. The van der Waals surface area contributed by atoms with Crippen LogP contribution in [0.3, 0.4) is 0 Å². The topological polar surface area (TPSA) is 123 Å². The van der Waals surface area contributed by atoms with Gasteiger partial charge in [0.25, 0.3) is 0 Å². The van der Waals surface area contributed by atoms with E-state index in [1.54, 1.807) is 23.4 Å². The number of rotatable bonds is 6. The lowest BCUT2D eigenvalue weighted by atomic mass is 10.0. The third-order valence-electron chi connectivity index (χ3n) is 6.82. The Kier molecular flexibility index (Phi) is 6.36. The number of nitrogens with zero attached hydrogens (tertiary/aromatic N) is 4. The fourth-order valence-corrected chi connectivity index (χ4v) is 5.31. The second-order valence-electron chi connectivity index (χ2n) is 9.80. The van der Waals surface area contributed by atoms with Crippen molar-refractivity contribution in [2.45, 2.75) is 38.5 Å². The number of amides is 1. The van der Waals surface area contributed by atoms with Crippen LogP contribution in [0.25, 0.3) is 21.8 Å². The van der Waals surface area contributed by atoms with E-state index in [1.165, 1.54) is 0 Å². The van der Waals surface area contributed by atoms with E-state index < -0.39 is 23.7 Å². The summed E-state index contributed by atoms with van der Waals surface area (Å²) in [5.74, 6) is -0.457. The van der Waals surface area contributed by atoms with Crippen molar-refractivity contribution in [3.63, 3.8) is 0 Å². The number of aromatic amines is 1. The minimum absolute atomic E-state index is 0.195. The van der Waals surface area contributed by atoms with Gasteiger partial charge in [-0.2, -0.15) is 0 Å². The van der Waals surface area contributed by atoms with Gasteiger partial charge in [-0.3, -0.25) is 19.7 Å². The van der Waals surface area contributed by atoms with Gasteiger partial charge in [0.1, 0.15) is 17.9 Å². The highest BCUT2D eigenvalue weighted by molar-refractivity contribution is 6.33. The van der Waals surface area contributed by atoms with Crippen molar-refractivity contribution >= 4 is 56.8 Å². The fraction of sp³-hybridized carbons (Fsp3) is 0.440. The summed E-state index contributed by atoms with van der Waals surface area (Å²) in [6, 6.07) is 4.22. The molecule has 2 unspecified atom stereocenters. The van der Waals surface area contributed by atoms with Crippen LogP contribution in [0.5, 0.6) is 0 Å². The van der Waals surface area contributed by atoms with Crippen molar-refractivity contribution in [3.05, 3.63) is 35.6 Å². The van der Waals surface area contributed by atoms with Crippen LogP contribution in [0.2, 0.25) is 5.02 Å². The number of aromatic nitrogens is 2. The molecule has 1 saturated heterocycles. The summed E-state index contributed by atoms with van der Waals surface area (Å²) in [4.78, 5) is 41.1. The van der Waals surface area contributed by atoms with Gasteiger partial charge in [0.15, 0.2) is 0 Å². The monoisotopic (exact) mass is 512 g/mol. The molecule has 2 aliphatic rings. The molecule has 3 aromatic rings. The van der Waals surface area contributed by atoms with Crippen molar-refractivity contribution in [3.8, 4) is 0 Å². The molecule has 2 aromatic heterocycles. The highest BCUT2D eigenvalue weighted by Crippen LogP contribution is 2.33. The normalized spacial score (nSPS) is 22.2. The first-order valence-corrected chi connectivity index (χ1v) is 12.3. The van der Waals surface area contributed by atoms with Gasteiger partial charge in [-0.25, -0.2) is 4.79 Å². The average molecular weight is 513 g/mol. The largest absolute Gasteiger partial charge is 0.480 e. The van der Waals surface area contributed by atoms with E-state index in [0.29, 0.717) is 36.2 Å². The van der Waals surface area contributed by atoms with Crippen molar-refractivity contribution in [1.29, 1.82) is 0 Å². The second kappa shape index (κ2) is 9.34. The highest BCUT2D eigenvalue weighted by atomic mass is 35.5. The number of aliphatic imine (C=N–C) groups is 1. The lowest BCUT2D eigenvalue weighted by Gasteiger charge is -2.43. The summed E-state index contributed by atoms with van der Waals surface area (Å²) < 4.78 is 6.01. The SMILES string of the molecule is CCN1C(CN2CC(C)(C)OCC2C(=O)Nc2cc(Cl)cc3c2[nH]c2cnccc23)=NCC1C(=O)O. The molecule has 0 spiro atoms. The van der Waals surface area contributed by atoms with Crippen molar-refractivity contribution in [2.75, 3.05) is 38.1 Å². The quantitative estimate of drug-likeness (QED) is 0.464. The van der Waals surface area contributed by atoms with Crippen molar-refractivity contribution < 1.29 is 19.4 Å². The number of nitrogens with one attached hydrogen (secondary N) is 2. The van der Waals surface area contributed by atoms with Gasteiger partial charge in [-0.1, -0.05) is 11.6 Å². The Labute approximate surface area is 213 Å². The van der Waals surface area contributed by atoms with Crippen LogP contribution >= 0.6 is 11.6 Å². The first-order chi connectivity index (χ1) is 17.2. The molecule has 0 radical (unpaired) electrons. The molecule has 36 heavy (non-hydrogen) atoms. The van der Waals surface area contributed by atoms with Crippen LogP contribution in [-0.2, 0) is 14.3 Å². The molecule has 4 heterocycles. The minimum Gasteiger partial charge on any atom is -0.480 e. The highest BCUT2D eigenvalue weighted by Gasteiger charge is 2.40. The number of amidine groups is 1. The summed E-state index contributed by atoms with van der Waals surface area (Å²) in [6.07, 6.45) is 3.45. The molecule has 0 aliphatic carbocycles. The van der Waals surface area contributed by atoms with Crippen LogP contribution in [0.4, 0.5) is 5.69 Å². The Morgan fingerprint density at radius 1 is 1.31 bits per heavy atom. The van der Waals surface area contributed by atoms with E-state index in [-0.39, 0.29) is 19.1 Å². The molecule has 11 heteroatoms. The summed E-state index contributed by atoms with van der Waals surface area (Å²) >= 11 is 6.42. The predicted octanol–water partition coefficient (Wildman–Crippen LogP) is 2.97. The molecule has 2 aliphatic heterocycles. The number of carbonyl (C=O) groups excluding carboxylic acids is 1. The van der Waals surface area contributed by atoms with Crippen molar-refractivity contribution in [1.82, 2.24) is 19.8 Å². The van der Waals surface area contributed by atoms with Gasteiger partial charge < -0.3 is 25.0 Å². The number of morpholine rings is 1. The van der Waals surface area contributed by atoms with Crippen molar-refractivity contribution in [2.24, 2.45) is 4.99 Å². The minimum atomic E-state index is -0.897. The van der Waals surface area contributed by atoms with Gasteiger partial charge in [-0.15, -0.1) is 0 Å². The average Bonchev–Trinajstić information content (AvgIpc) is 3.40. The van der Waals surface area contributed by atoms with E-state index in [4.69, 9.17) is 16.3 Å². The Morgan fingerprint density at radius 3 is 2.86 bits per heavy atom. The Morgan fingerprint density at radius 2 is 2.11 bits per heavy atom. The maximum atomic E-state index is 13.6. The van der Waals surface area contributed by atoms with E-state index in [1.807, 2.05) is 37.8 Å². The lowest BCUT2D eigenvalue weighted by Crippen LogP contribution is -2.60. The number of halogens is 1. The first kappa shape index (κ1) is 24.5. The lowest BCUT2D eigenvalue weighted by molar-refractivity contribution is -0.143. The molecule has 10 nitrogen and oxygen atoms in total. The second-order valence-corrected chi connectivity index (χ2v) is 10.2. The van der Waals surface area contributed by atoms with Gasteiger partial charge >= 0.3 is 5.97 Å². The number of fused-ring (bicyclic) bond motifs is 3. The van der Waals surface area contributed by atoms with Crippen LogP contribution in [-0.4, -0.2) is 93.1 Å². The van der Waals surface area contributed by atoms with Crippen LogP contribution in [0, 0.1) is 0 Å². The first-order valence-electron chi connectivity index (χ1n) is 11.9. The number of carbonyl (C=O) groups is 2. The number of hydrogen-bond acceptors (Lipinski definition) is 7. The van der Waals surface area contributed by atoms with E-state index in [9.17, 15) is 14.7 Å². The fourth-order valence-electron chi connectivity index (χ4n) is 5.09. The van der Waals surface area contributed by atoms with Crippen LogP contribution in [0.1, 0.15) is 20.8 Å².